The van der Waals surface area contributed by atoms with Crippen LogP contribution in [0.2, 0.25) is 5.02 Å². The number of unbranched alkanes of at least 4 members (excludes halogenated alkanes) is 1. The van der Waals surface area contributed by atoms with Gasteiger partial charge in [0.05, 0.1) is 28.7 Å². The summed E-state index contributed by atoms with van der Waals surface area (Å²) in [6, 6.07) is 16.8. The molecule has 0 saturated carbocycles. The zero-order valence-corrected chi connectivity index (χ0v) is 29.2. The van der Waals surface area contributed by atoms with Gasteiger partial charge in [0.1, 0.15) is 6.54 Å². The summed E-state index contributed by atoms with van der Waals surface area (Å²) in [4.78, 5) is 64.7. The molecule has 4 amide bonds. The molecule has 0 atom stereocenters. The molecule has 0 unspecified atom stereocenters. The van der Waals surface area contributed by atoms with Crippen molar-refractivity contribution < 1.29 is 38.2 Å². The first kappa shape index (κ1) is 37.0. The van der Waals surface area contributed by atoms with Gasteiger partial charge in [-0.25, -0.2) is 4.79 Å². The van der Waals surface area contributed by atoms with E-state index in [-0.39, 0.29) is 46.2 Å². The number of thioether (sulfide) groups is 1. The number of esters is 1. The van der Waals surface area contributed by atoms with Gasteiger partial charge in [-0.15, -0.1) is 0 Å². The number of halogens is 1. The second kappa shape index (κ2) is 17.5. The summed E-state index contributed by atoms with van der Waals surface area (Å²) in [5, 5.41) is 5.03. The predicted octanol–water partition coefficient (Wildman–Crippen LogP) is 7.51. The van der Waals surface area contributed by atoms with Crippen LogP contribution in [-0.4, -0.2) is 60.2 Å². The third-order valence-electron chi connectivity index (χ3n) is 7.16. The molecule has 1 saturated heterocycles. The zero-order valence-electron chi connectivity index (χ0n) is 27.7. The van der Waals surface area contributed by atoms with E-state index in [2.05, 4.69) is 10.6 Å². The maximum atomic E-state index is 13.1. The fourth-order valence-electron chi connectivity index (χ4n) is 4.72. The number of rotatable bonds is 15. The Kier molecular flexibility index (Phi) is 13.3. The molecule has 1 heterocycles. The monoisotopic (exact) mass is 707 g/mol. The van der Waals surface area contributed by atoms with Gasteiger partial charge in [0.15, 0.2) is 18.1 Å². The Bertz CT molecular complexity index is 1760. The highest BCUT2D eigenvalue weighted by Gasteiger charge is 2.36. The molecule has 0 spiro atoms. The molecule has 1 aliphatic rings. The lowest BCUT2D eigenvalue weighted by Gasteiger charge is -2.15. The Balaban J connectivity index is 1.39. The number of anilines is 2. The van der Waals surface area contributed by atoms with Crippen molar-refractivity contribution in [1.82, 2.24) is 4.90 Å². The Hall–Kier alpha value is -4.81. The van der Waals surface area contributed by atoms with Crippen LogP contribution in [0.3, 0.4) is 0 Å². The topological polar surface area (TPSA) is 140 Å². The van der Waals surface area contributed by atoms with Crippen molar-refractivity contribution in [3.8, 4) is 11.5 Å². The third kappa shape index (κ3) is 10.1. The average molecular weight is 708 g/mol. The van der Waals surface area contributed by atoms with Gasteiger partial charge < -0.3 is 24.8 Å². The summed E-state index contributed by atoms with van der Waals surface area (Å²) in [5.74, 6) is -1.33. The molecule has 4 rings (SSSR count). The molecule has 1 fully saturated rings. The Morgan fingerprint density at radius 1 is 0.939 bits per heavy atom. The van der Waals surface area contributed by atoms with E-state index >= 15 is 0 Å². The van der Waals surface area contributed by atoms with Crippen LogP contribution < -0.4 is 20.1 Å². The van der Waals surface area contributed by atoms with Gasteiger partial charge in [-0.1, -0.05) is 63.1 Å². The summed E-state index contributed by atoms with van der Waals surface area (Å²) >= 11 is 6.85. The summed E-state index contributed by atoms with van der Waals surface area (Å²) in [7, 11) is 0. The fraction of sp³-hybridized carbons (Fsp3) is 0.306. The number of hydrogen-bond acceptors (Lipinski definition) is 9. The summed E-state index contributed by atoms with van der Waals surface area (Å²) in [6.45, 7) is 7.62. The van der Waals surface area contributed by atoms with Crippen molar-refractivity contribution in [2.24, 2.45) is 0 Å². The minimum absolute atomic E-state index is 0.0863. The molecule has 0 bridgehead atoms. The van der Waals surface area contributed by atoms with Crippen LogP contribution in [0, 0.1) is 0 Å². The van der Waals surface area contributed by atoms with Crippen LogP contribution in [0.5, 0.6) is 11.5 Å². The first-order valence-electron chi connectivity index (χ1n) is 15.8. The highest BCUT2D eigenvalue weighted by atomic mass is 35.5. The number of amides is 4. The first-order chi connectivity index (χ1) is 23.5. The fourth-order valence-corrected chi connectivity index (χ4v) is 5.76. The summed E-state index contributed by atoms with van der Waals surface area (Å²) in [5.41, 5.74) is 2.61. The van der Waals surface area contributed by atoms with Crippen molar-refractivity contribution in [1.29, 1.82) is 0 Å². The van der Waals surface area contributed by atoms with Crippen LogP contribution in [0.25, 0.3) is 6.08 Å². The van der Waals surface area contributed by atoms with E-state index in [1.807, 2.05) is 45.0 Å². The van der Waals surface area contributed by atoms with Crippen LogP contribution in [0.4, 0.5) is 16.2 Å². The normalized spacial score (nSPS) is 13.5. The van der Waals surface area contributed by atoms with Crippen molar-refractivity contribution in [3.63, 3.8) is 0 Å². The zero-order chi connectivity index (χ0) is 35.5. The van der Waals surface area contributed by atoms with Crippen molar-refractivity contribution in [2.75, 3.05) is 37.0 Å². The lowest BCUT2D eigenvalue weighted by atomic mass is 10.0. The quantitative estimate of drug-likeness (QED) is 0.0933. The van der Waals surface area contributed by atoms with E-state index in [1.54, 1.807) is 25.1 Å². The Labute approximate surface area is 294 Å². The molecular formula is C36H38ClN3O8S. The SMILES string of the molecule is CCCCOC(=O)c1cc(NC(=O)CN2C(=O)S/C(=C/c3ccc(OCC(=O)Nc4ccccc4C(C)C)c(OCC)c3)C2=O)ccc1Cl. The molecule has 3 aromatic rings. The van der Waals surface area contributed by atoms with E-state index in [0.717, 1.165) is 22.6 Å². The third-order valence-corrected chi connectivity index (χ3v) is 8.39. The summed E-state index contributed by atoms with van der Waals surface area (Å²) < 4.78 is 16.7. The molecule has 0 aromatic heterocycles. The summed E-state index contributed by atoms with van der Waals surface area (Å²) in [6.07, 6.45) is 3.07. The van der Waals surface area contributed by atoms with Gasteiger partial charge in [0.2, 0.25) is 5.91 Å². The van der Waals surface area contributed by atoms with Gasteiger partial charge in [0.25, 0.3) is 17.1 Å². The number of nitrogens with zero attached hydrogens (tertiary/aromatic N) is 1. The number of nitrogens with one attached hydrogen (secondary N) is 2. The highest BCUT2D eigenvalue weighted by molar-refractivity contribution is 8.18. The molecule has 0 radical (unpaired) electrons. The largest absolute Gasteiger partial charge is 0.490 e. The Morgan fingerprint density at radius 2 is 1.71 bits per heavy atom. The maximum Gasteiger partial charge on any atom is 0.339 e. The minimum atomic E-state index is -0.645. The minimum Gasteiger partial charge on any atom is -0.490 e. The molecular weight excluding hydrogens is 670 g/mol. The second-order valence-electron chi connectivity index (χ2n) is 11.2. The van der Waals surface area contributed by atoms with Gasteiger partial charge in [-0.05, 0) is 84.6 Å². The lowest BCUT2D eigenvalue weighted by Crippen LogP contribution is -2.36. The van der Waals surface area contributed by atoms with Crippen molar-refractivity contribution in [3.05, 3.63) is 87.3 Å². The molecule has 258 valence electrons. The first-order valence-corrected chi connectivity index (χ1v) is 17.0. The molecule has 13 heteroatoms. The van der Waals surface area contributed by atoms with Crippen LogP contribution >= 0.6 is 23.4 Å². The number of ether oxygens (including phenoxy) is 3. The van der Waals surface area contributed by atoms with Crippen LogP contribution in [-0.2, 0) is 19.1 Å². The second-order valence-corrected chi connectivity index (χ2v) is 12.6. The number of para-hydroxylation sites is 1. The van der Waals surface area contributed by atoms with Gasteiger partial charge in [-0.2, -0.15) is 0 Å². The van der Waals surface area contributed by atoms with Crippen LogP contribution in [0.1, 0.15) is 67.9 Å². The molecule has 0 aliphatic carbocycles. The predicted molar refractivity (Wildman–Crippen MR) is 190 cm³/mol. The number of carbonyl (C=O) groups excluding carboxylic acids is 5. The molecule has 49 heavy (non-hydrogen) atoms. The Morgan fingerprint density at radius 3 is 2.45 bits per heavy atom. The van der Waals surface area contributed by atoms with Gasteiger partial charge in [0, 0.05) is 11.4 Å². The van der Waals surface area contributed by atoms with E-state index in [4.69, 9.17) is 25.8 Å². The molecule has 3 aromatic carbocycles. The standard InChI is InChI=1S/C36H38ClN3O8S/c1-5-7-16-47-35(44)26-19-24(13-14-27(26)37)38-32(41)20-40-34(43)31(49-36(40)45)18-23-12-15-29(30(17-23)46-6-2)48-21-33(42)39-28-11-9-8-10-25(28)22(3)4/h8-15,17-19,22H,5-7,16,20-21H2,1-4H3,(H,38,41)(H,39,42)/b31-18+. The molecule has 11 nitrogen and oxygen atoms in total. The van der Waals surface area contributed by atoms with E-state index in [0.29, 0.717) is 41.9 Å². The van der Waals surface area contributed by atoms with E-state index in [1.165, 1.54) is 24.3 Å². The van der Waals surface area contributed by atoms with E-state index < -0.39 is 29.6 Å². The number of benzene rings is 3. The maximum absolute atomic E-state index is 13.1. The van der Waals surface area contributed by atoms with Crippen molar-refractivity contribution in [2.45, 2.75) is 46.5 Å². The number of imide groups is 1. The highest BCUT2D eigenvalue weighted by Crippen LogP contribution is 2.35. The van der Waals surface area contributed by atoms with Gasteiger partial charge >= 0.3 is 5.97 Å². The number of hydrogen-bond donors (Lipinski definition) is 2. The van der Waals surface area contributed by atoms with Crippen LogP contribution in [0.15, 0.2) is 65.6 Å². The molecule has 2 N–H and O–H groups in total. The van der Waals surface area contributed by atoms with Gasteiger partial charge in [-0.3, -0.25) is 24.1 Å². The average Bonchev–Trinajstić information content (AvgIpc) is 3.32. The van der Waals surface area contributed by atoms with E-state index in [9.17, 15) is 24.0 Å². The number of carbonyl (C=O) groups is 5. The molecule has 1 aliphatic heterocycles. The lowest BCUT2D eigenvalue weighted by molar-refractivity contribution is -0.127. The smallest absolute Gasteiger partial charge is 0.339 e. The van der Waals surface area contributed by atoms with Crippen molar-refractivity contribution >= 4 is 69.7 Å².